The van der Waals surface area contributed by atoms with E-state index in [1.54, 1.807) is 0 Å². The topological polar surface area (TPSA) is 52.8 Å². The number of rotatable bonds is 4. The van der Waals surface area contributed by atoms with Crippen LogP contribution >= 0.6 is 0 Å². The fourth-order valence-electron chi connectivity index (χ4n) is 4.69. The number of nitrogens with zero attached hydrogens (tertiary/aromatic N) is 4. The molecule has 5 heterocycles. The Hall–Kier alpha value is -1.40. The molecule has 2 bridgehead atoms. The smallest absolute Gasteiger partial charge is 0.292 e. The third kappa shape index (κ3) is 3.60. The number of piperidine rings is 3. The first-order chi connectivity index (χ1) is 12.1. The summed E-state index contributed by atoms with van der Waals surface area (Å²) in [5.41, 5.74) is 0.879. The summed E-state index contributed by atoms with van der Waals surface area (Å²) in [6.45, 7) is 11.6. The Morgan fingerprint density at radius 3 is 2.52 bits per heavy atom. The highest BCUT2D eigenvalue weighted by molar-refractivity contribution is 5.91. The number of piperazine rings is 1. The Labute approximate surface area is 150 Å². The fraction of sp³-hybridized carbons (Fsp3) is 0.789. The third-order valence-corrected chi connectivity index (χ3v) is 6.08. The van der Waals surface area contributed by atoms with Gasteiger partial charge in [-0.1, -0.05) is 19.0 Å². The standard InChI is InChI=1S/C19H30N4O2/c1-14(2)11-16-12-18(25-20-16)19(24)23-9-7-22(8-10-23)17-13-21-5-3-15(17)4-6-21/h12,14-15,17H,3-11,13H2,1-2H3. The molecule has 4 aliphatic heterocycles. The van der Waals surface area contributed by atoms with Crippen molar-refractivity contribution < 1.29 is 9.32 Å². The van der Waals surface area contributed by atoms with Gasteiger partial charge in [-0.3, -0.25) is 9.69 Å². The molecule has 1 aromatic heterocycles. The largest absolute Gasteiger partial charge is 0.351 e. The van der Waals surface area contributed by atoms with Crippen LogP contribution in [0.15, 0.2) is 10.6 Å². The van der Waals surface area contributed by atoms with E-state index in [0.717, 1.165) is 44.2 Å². The molecule has 4 aliphatic rings. The van der Waals surface area contributed by atoms with E-state index in [2.05, 4.69) is 28.8 Å². The quantitative estimate of drug-likeness (QED) is 0.831. The number of hydrogen-bond acceptors (Lipinski definition) is 5. The minimum atomic E-state index is -0.00364. The number of hydrogen-bond donors (Lipinski definition) is 0. The summed E-state index contributed by atoms with van der Waals surface area (Å²) >= 11 is 0. The second-order valence-corrected chi connectivity index (χ2v) is 8.31. The van der Waals surface area contributed by atoms with Gasteiger partial charge < -0.3 is 14.3 Å². The zero-order valence-corrected chi connectivity index (χ0v) is 15.5. The fourth-order valence-corrected chi connectivity index (χ4v) is 4.69. The average Bonchev–Trinajstić information content (AvgIpc) is 3.10. The third-order valence-electron chi connectivity index (χ3n) is 6.08. The van der Waals surface area contributed by atoms with E-state index >= 15 is 0 Å². The SMILES string of the molecule is CC(C)Cc1cc(C(=O)N2CCN(C3CN4CCC3CC4)CC2)on1. The van der Waals surface area contributed by atoms with E-state index in [1.165, 1.54) is 32.5 Å². The summed E-state index contributed by atoms with van der Waals surface area (Å²) in [5.74, 6) is 1.77. The molecule has 1 amide bonds. The van der Waals surface area contributed by atoms with Gasteiger partial charge in [0, 0.05) is 44.8 Å². The van der Waals surface area contributed by atoms with Crippen LogP contribution in [0, 0.1) is 11.8 Å². The minimum Gasteiger partial charge on any atom is -0.351 e. The molecule has 6 nitrogen and oxygen atoms in total. The van der Waals surface area contributed by atoms with Crippen molar-refractivity contribution in [2.45, 2.75) is 39.2 Å². The molecule has 0 N–H and O–H groups in total. The van der Waals surface area contributed by atoms with Gasteiger partial charge in [0.15, 0.2) is 0 Å². The van der Waals surface area contributed by atoms with Crippen molar-refractivity contribution in [2.24, 2.45) is 11.8 Å². The van der Waals surface area contributed by atoms with Crippen molar-refractivity contribution >= 4 is 5.91 Å². The summed E-state index contributed by atoms with van der Waals surface area (Å²) < 4.78 is 5.30. The molecule has 0 aromatic carbocycles. The van der Waals surface area contributed by atoms with Gasteiger partial charge in [-0.2, -0.15) is 0 Å². The van der Waals surface area contributed by atoms with Crippen LogP contribution in [-0.4, -0.2) is 77.6 Å². The molecule has 0 spiro atoms. The molecular weight excluding hydrogens is 316 g/mol. The van der Waals surface area contributed by atoms with E-state index in [0.29, 0.717) is 17.7 Å². The molecule has 5 rings (SSSR count). The molecule has 0 radical (unpaired) electrons. The predicted octanol–water partition coefficient (Wildman–Crippen LogP) is 1.73. The molecule has 6 heteroatoms. The predicted molar refractivity (Wildman–Crippen MR) is 95.5 cm³/mol. The van der Waals surface area contributed by atoms with Gasteiger partial charge in [-0.25, -0.2) is 0 Å². The Morgan fingerprint density at radius 1 is 1.20 bits per heavy atom. The van der Waals surface area contributed by atoms with Gasteiger partial charge >= 0.3 is 0 Å². The number of carbonyl (C=O) groups excluding carboxylic acids is 1. The molecule has 4 saturated heterocycles. The van der Waals surface area contributed by atoms with Crippen LogP contribution in [0.25, 0.3) is 0 Å². The molecule has 1 unspecified atom stereocenters. The Balaban J connectivity index is 1.32. The maximum Gasteiger partial charge on any atom is 0.292 e. The Bertz CT molecular complexity index is 598. The summed E-state index contributed by atoms with van der Waals surface area (Å²) in [6.07, 6.45) is 3.55. The van der Waals surface area contributed by atoms with Crippen molar-refractivity contribution in [1.82, 2.24) is 19.9 Å². The Kier molecular flexibility index (Phi) is 4.82. The first kappa shape index (κ1) is 17.0. The second-order valence-electron chi connectivity index (χ2n) is 8.31. The van der Waals surface area contributed by atoms with E-state index < -0.39 is 0 Å². The van der Waals surface area contributed by atoms with Crippen LogP contribution in [0.2, 0.25) is 0 Å². The van der Waals surface area contributed by atoms with Crippen molar-refractivity contribution in [3.05, 3.63) is 17.5 Å². The van der Waals surface area contributed by atoms with Gasteiger partial charge in [-0.15, -0.1) is 0 Å². The molecule has 25 heavy (non-hydrogen) atoms. The lowest BCUT2D eigenvalue weighted by atomic mass is 9.83. The lowest BCUT2D eigenvalue weighted by Gasteiger charge is -2.50. The van der Waals surface area contributed by atoms with Crippen LogP contribution in [0.4, 0.5) is 0 Å². The van der Waals surface area contributed by atoms with Crippen molar-refractivity contribution in [3.8, 4) is 0 Å². The van der Waals surface area contributed by atoms with Crippen LogP contribution < -0.4 is 0 Å². The summed E-state index contributed by atoms with van der Waals surface area (Å²) in [5, 5.41) is 4.05. The monoisotopic (exact) mass is 346 g/mol. The average molecular weight is 346 g/mol. The molecule has 1 aromatic rings. The maximum atomic E-state index is 12.7. The molecule has 0 saturated carbocycles. The maximum absolute atomic E-state index is 12.7. The Morgan fingerprint density at radius 2 is 1.92 bits per heavy atom. The number of amides is 1. The molecular formula is C19H30N4O2. The van der Waals surface area contributed by atoms with Gasteiger partial charge in [0.05, 0.1) is 5.69 Å². The first-order valence-corrected chi connectivity index (χ1v) is 9.81. The molecule has 138 valence electrons. The highest BCUT2D eigenvalue weighted by Crippen LogP contribution is 2.31. The number of aromatic nitrogens is 1. The minimum absolute atomic E-state index is 0.00364. The van der Waals surface area contributed by atoms with Gasteiger partial charge in [-0.05, 0) is 44.2 Å². The molecule has 0 aliphatic carbocycles. The first-order valence-electron chi connectivity index (χ1n) is 9.81. The van der Waals surface area contributed by atoms with Gasteiger partial charge in [0.1, 0.15) is 0 Å². The summed E-state index contributed by atoms with van der Waals surface area (Å²) in [6, 6.07) is 2.52. The normalized spacial score (nSPS) is 30.2. The zero-order valence-electron chi connectivity index (χ0n) is 15.5. The molecule has 1 atom stereocenters. The lowest BCUT2D eigenvalue weighted by molar-refractivity contribution is -0.0136. The van der Waals surface area contributed by atoms with Gasteiger partial charge in [0.2, 0.25) is 5.76 Å². The van der Waals surface area contributed by atoms with Crippen LogP contribution in [0.5, 0.6) is 0 Å². The second kappa shape index (κ2) is 7.08. The van der Waals surface area contributed by atoms with Crippen molar-refractivity contribution in [1.29, 1.82) is 0 Å². The highest BCUT2D eigenvalue weighted by atomic mass is 16.5. The summed E-state index contributed by atoms with van der Waals surface area (Å²) in [7, 11) is 0. The zero-order chi connectivity index (χ0) is 17.4. The number of carbonyl (C=O) groups is 1. The highest BCUT2D eigenvalue weighted by Gasteiger charge is 2.38. The molecule has 4 fully saturated rings. The lowest BCUT2D eigenvalue weighted by Crippen LogP contribution is -2.61. The van der Waals surface area contributed by atoms with Crippen LogP contribution in [-0.2, 0) is 6.42 Å². The summed E-state index contributed by atoms with van der Waals surface area (Å²) in [4.78, 5) is 19.8. The number of fused-ring (bicyclic) bond motifs is 3. The van der Waals surface area contributed by atoms with Gasteiger partial charge in [0.25, 0.3) is 5.91 Å². The van der Waals surface area contributed by atoms with E-state index in [4.69, 9.17) is 4.52 Å². The van der Waals surface area contributed by atoms with Crippen molar-refractivity contribution in [2.75, 3.05) is 45.8 Å². The van der Waals surface area contributed by atoms with E-state index in [9.17, 15) is 4.79 Å². The van der Waals surface area contributed by atoms with E-state index in [-0.39, 0.29) is 5.91 Å². The van der Waals surface area contributed by atoms with Crippen molar-refractivity contribution in [3.63, 3.8) is 0 Å². The van der Waals surface area contributed by atoms with Crippen LogP contribution in [0.1, 0.15) is 42.9 Å². The van der Waals surface area contributed by atoms with E-state index in [1.807, 2.05) is 11.0 Å². The van der Waals surface area contributed by atoms with Crippen LogP contribution in [0.3, 0.4) is 0 Å².